The lowest BCUT2D eigenvalue weighted by Crippen LogP contribution is -2.34. The van der Waals surface area contributed by atoms with Crippen molar-refractivity contribution >= 4 is 5.78 Å². The maximum atomic E-state index is 11.9. The summed E-state index contributed by atoms with van der Waals surface area (Å²) < 4.78 is 5.11. The molecule has 84 valence electrons. The molecule has 0 saturated carbocycles. The van der Waals surface area contributed by atoms with Gasteiger partial charge in [0.15, 0.2) is 0 Å². The molecule has 1 aromatic rings. The quantitative estimate of drug-likeness (QED) is 0.830. The van der Waals surface area contributed by atoms with E-state index < -0.39 is 11.5 Å². The third kappa shape index (κ3) is 2.29. The SMILES string of the molecule is CC(C)C(=O)C(C)(C)C(O)c1ccco1. The second-order valence-electron chi connectivity index (χ2n) is 4.66. The van der Waals surface area contributed by atoms with Crippen LogP contribution in [-0.2, 0) is 4.79 Å². The molecule has 0 spiro atoms. The highest BCUT2D eigenvalue weighted by Gasteiger charge is 2.38. The standard InChI is InChI=1S/C12H18O3/c1-8(2)10(13)12(3,4)11(14)9-6-5-7-15-9/h5-8,11,14H,1-4H3. The summed E-state index contributed by atoms with van der Waals surface area (Å²) in [4.78, 5) is 11.9. The molecule has 1 heterocycles. The molecule has 0 amide bonds. The molecular formula is C12H18O3. The normalized spacial score (nSPS) is 14.3. The van der Waals surface area contributed by atoms with Gasteiger partial charge in [0.2, 0.25) is 0 Å². The number of hydrogen-bond acceptors (Lipinski definition) is 3. The van der Waals surface area contributed by atoms with Crippen molar-refractivity contribution in [1.82, 2.24) is 0 Å². The van der Waals surface area contributed by atoms with Crippen molar-refractivity contribution in [2.75, 3.05) is 0 Å². The van der Waals surface area contributed by atoms with Crippen LogP contribution in [-0.4, -0.2) is 10.9 Å². The van der Waals surface area contributed by atoms with Gasteiger partial charge in [0, 0.05) is 5.92 Å². The molecule has 0 bridgehead atoms. The highest BCUT2D eigenvalue weighted by Crippen LogP contribution is 2.36. The predicted molar refractivity (Wildman–Crippen MR) is 57.3 cm³/mol. The third-order valence-electron chi connectivity index (χ3n) is 2.66. The van der Waals surface area contributed by atoms with E-state index in [1.807, 2.05) is 13.8 Å². The number of aliphatic hydroxyl groups is 1. The topological polar surface area (TPSA) is 50.4 Å². The molecule has 0 fully saturated rings. The van der Waals surface area contributed by atoms with E-state index in [4.69, 9.17) is 4.42 Å². The van der Waals surface area contributed by atoms with Crippen LogP contribution in [0.15, 0.2) is 22.8 Å². The molecule has 0 aromatic carbocycles. The zero-order valence-corrected chi connectivity index (χ0v) is 9.65. The molecule has 1 rings (SSSR count). The van der Waals surface area contributed by atoms with Crippen molar-refractivity contribution in [3.63, 3.8) is 0 Å². The predicted octanol–water partition coefficient (Wildman–Crippen LogP) is 2.56. The zero-order chi connectivity index (χ0) is 11.6. The Balaban J connectivity index is 2.91. The summed E-state index contributed by atoms with van der Waals surface area (Å²) >= 11 is 0. The van der Waals surface area contributed by atoms with Gasteiger partial charge in [-0.05, 0) is 26.0 Å². The van der Waals surface area contributed by atoms with E-state index in [9.17, 15) is 9.90 Å². The van der Waals surface area contributed by atoms with Crippen molar-refractivity contribution in [3.05, 3.63) is 24.2 Å². The van der Waals surface area contributed by atoms with E-state index in [1.54, 1.807) is 26.0 Å². The second kappa shape index (κ2) is 4.19. The van der Waals surface area contributed by atoms with Crippen LogP contribution in [0.1, 0.15) is 39.6 Å². The number of ketones is 1. The summed E-state index contributed by atoms with van der Waals surface area (Å²) in [5.41, 5.74) is -0.813. The second-order valence-corrected chi connectivity index (χ2v) is 4.66. The summed E-state index contributed by atoms with van der Waals surface area (Å²) in [5, 5.41) is 10.0. The van der Waals surface area contributed by atoms with Crippen LogP contribution in [0.2, 0.25) is 0 Å². The summed E-state index contributed by atoms with van der Waals surface area (Å²) in [6.07, 6.45) is 0.608. The first-order chi connectivity index (χ1) is 6.87. The van der Waals surface area contributed by atoms with Gasteiger partial charge in [-0.25, -0.2) is 0 Å². The lowest BCUT2D eigenvalue weighted by Gasteiger charge is -2.29. The lowest BCUT2D eigenvalue weighted by atomic mass is 9.77. The Labute approximate surface area is 90.1 Å². The van der Waals surface area contributed by atoms with Crippen LogP contribution >= 0.6 is 0 Å². The van der Waals surface area contributed by atoms with Gasteiger partial charge in [-0.1, -0.05) is 13.8 Å². The van der Waals surface area contributed by atoms with Crippen LogP contribution in [0.3, 0.4) is 0 Å². The van der Waals surface area contributed by atoms with Crippen molar-refractivity contribution in [2.24, 2.45) is 11.3 Å². The fourth-order valence-electron chi connectivity index (χ4n) is 1.68. The highest BCUT2D eigenvalue weighted by molar-refractivity contribution is 5.86. The number of Topliss-reactive ketones (excluding diaryl/α,β-unsaturated/α-hetero) is 1. The Bertz CT molecular complexity index is 323. The van der Waals surface area contributed by atoms with Crippen LogP contribution in [0.4, 0.5) is 0 Å². The van der Waals surface area contributed by atoms with Gasteiger partial charge in [-0.3, -0.25) is 4.79 Å². The maximum Gasteiger partial charge on any atom is 0.144 e. The lowest BCUT2D eigenvalue weighted by molar-refractivity contribution is -0.137. The molecule has 3 heteroatoms. The minimum atomic E-state index is -0.887. The van der Waals surface area contributed by atoms with Crippen molar-refractivity contribution in [2.45, 2.75) is 33.8 Å². The Hall–Kier alpha value is -1.09. The minimum absolute atomic E-state index is 0.0337. The molecule has 1 atom stereocenters. The molecule has 1 aromatic heterocycles. The molecule has 0 aliphatic rings. The number of carbonyl (C=O) groups is 1. The maximum absolute atomic E-state index is 11.9. The summed E-state index contributed by atoms with van der Waals surface area (Å²) in [6, 6.07) is 3.38. The van der Waals surface area contributed by atoms with Crippen molar-refractivity contribution in [3.8, 4) is 0 Å². The van der Waals surface area contributed by atoms with Gasteiger partial charge >= 0.3 is 0 Å². The first-order valence-electron chi connectivity index (χ1n) is 5.13. The monoisotopic (exact) mass is 210 g/mol. The van der Waals surface area contributed by atoms with E-state index >= 15 is 0 Å². The van der Waals surface area contributed by atoms with Crippen LogP contribution in [0.5, 0.6) is 0 Å². The number of rotatable bonds is 4. The van der Waals surface area contributed by atoms with Gasteiger partial charge < -0.3 is 9.52 Å². The van der Waals surface area contributed by atoms with Crippen LogP contribution in [0.25, 0.3) is 0 Å². The molecule has 0 radical (unpaired) electrons. The molecule has 1 N–H and O–H groups in total. The Morgan fingerprint density at radius 3 is 2.47 bits per heavy atom. The van der Waals surface area contributed by atoms with Crippen LogP contribution < -0.4 is 0 Å². The number of hydrogen-bond donors (Lipinski definition) is 1. The average Bonchev–Trinajstić information content (AvgIpc) is 2.67. The Morgan fingerprint density at radius 2 is 2.07 bits per heavy atom. The van der Waals surface area contributed by atoms with Crippen molar-refractivity contribution < 1.29 is 14.3 Å². The number of aliphatic hydroxyl groups excluding tert-OH is 1. The fourth-order valence-corrected chi connectivity index (χ4v) is 1.68. The minimum Gasteiger partial charge on any atom is -0.467 e. The number of carbonyl (C=O) groups excluding carboxylic acids is 1. The largest absolute Gasteiger partial charge is 0.467 e. The van der Waals surface area contributed by atoms with Gasteiger partial charge in [0.05, 0.1) is 11.7 Å². The summed E-state index contributed by atoms with van der Waals surface area (Å²) in [5.74, 6) is 0.380. The molecule has 0 aliphatic carbocycles. The van der Waals surface area contributed by atoms with Gasteiger partial charge in [0.25, 0.3) is 0 Å². The zero-order valence-electron chi connectivity index (χ0n) is 9.65. The van der Waals surface area contributed by atoms with Crippen molar-refractivity contribution in [1.29, 1.82) is 0 Å². The molecule has 0 saturated heterocycles. The highest BCUT2D eigenvalue weighted by atomic mass is 16.4. The molecule has 3 nitrogen and oxygen atoms in total. The molecule has 15 heavy (non-hydrogen) atoms. The van der Waals surface area contributed by atoms with E-state index in [0.29, 0.717) is 5.76 Å². The fraction of sp³-hybridized carbons (Fsp3) is 0.583. The van der Waals surface area contributed by atoms with Gasteiger partial charge in [0.1, 0.15) is 17.6 Å². The molecule has 1 unspecified atom stereocenters. The van der Waals surface area contributed by atoms with Gasteiger partial charge in [-0.2, -0.15) is 0 Å². The van der Waals surface area contributed by atoms with Gasteiger partial charge in [-0.15, -0.1) is 0 Å². The van der Waals surface area contributed by atoms with Crippen LogP contribution in [0, 0.1) is 11.3 Å². The Kier molecular flexibility index (Phi) is 3.35. The van der Waals surface area contributed by atoms with E-state index in [0.717, 1.165) is 0 Å². The summed E-state index contributed by atoms with van der Waals surface area (Å²) in [6.45, 7) is 7.14. The molecular weight excluding hydrogens is 192 g/mol. The first kappa shape index (κ1) is 12.0. The van der Waals surface area contributed by atoms with E-state index in [2.05, 4.69) is 0 Å². The Morgan fingerprint density at radius 1 is 1.47 bits per heavy atom. The van der Waals surface area contributed by atoms with E-state index in [1.165, 1.54) is 6.26 Å². The first-order valence-corrected chi connectivity index (χ1v) is 5.13. The third-order valence-corrected chi connectivity index (χ3v) is 2.66. The summed E-state index contributed by atoms with van der Waals surface area (Å²) in [7, 11) is 0. The smallest absolute Gasteiger partial charge is 0.144 e. The van der Waals surface area contributed by atoms with E-state index in [-0.39, 0.29) is 11.7 Å². The molecule has 0 aliphatic heterocycles. The number of furan rings is 1. The average molecular weight is 210 g/mol.